The zero-order chi connectivity index (χ0) is 20.1. The minimum Gasteiger partial charge on any atom is -0.497 e. The summed E-state index contributed by atoms with van der Waals surface area (Å²) in [5.41, 5.74) is 0.877. The van der Waals surface area contributed by atoms with Crippen LogP contribution in [0.25, 0.3) is 0 Å². The normalized spacial score (nSPS) is 18.2. The predicted octanol–water partition coefficient (Wildman–Crippen LogP) is 3.68. The highest BCUT2D eigenvalue weighted by Gasteiger charge is 2.23. The van der Waals surface area contributed by atoms with Crippen molar-refractivity contribution in [2.45, 2.75) is 24.3 Å². The highest BCUT2D eigenvalue weighted by molar-refractivity contribution is 7.89. The average Bonchev–Trinajstić information content (AvgIpc) is 2.69. The van der Waals surface area contributed by atoms with Gasteiger partial charge in [0.2, 0.25) is 10.0 Å². The van der Waals surface area contributed by atoms with Gasteiger partial charge in [-0.25, -0.2) is 17.5 Å². The average molecular weight is 427 g/mol. The van der Waals surface area contributed by atoms with Crippen LogP contribution in [0.4, 0.5) is 4.39 Å². The van der Waals surface area contributed by atoms with Crippen LogP contribution in [0.2, 0.25) is 5.02 Å². The highest BCUT2D eigenvalue weighted by atomic mass is 35.5. The lowest BCUT2D eigenvalue weighted by molar-refractivity contribution is 0.169. The molecule has 1 atom stereocenters. The number of halogens is 2. The molecule has 0 unspecified atom stereocenters. The number of hydrogen-bond acceptors (Lipinski definition) is 4. The van der Waals surface area contributed by atoms with E-state index >= 15 is 0 Å². The Morgan fingerprint density at radius 3 is 2.68 bits per heavy atom. The Labute approximate surface area is 170 Å². The second-order valence-electron chi connectivity index (χ2n) is 7.01. The van der Waals surface area contributed by atoms with Crippen molar-refractivity contribution >= 4 is 21.6 Å². The van der Waals surface area contributed by atoms with Gasteiger partial charge in [-0.2, -0.15) is 0 Å². The quantitative estimate of drug-likeness (QED) is 0.733. The summed E-state index contributed by atoms with van der Waals surface area (Å²) in [5, 5.41) is 0.419. The molecule has 1 heterocycles. The van der Waals surface area contributed by atoms with E-state index in [1.165, 1.54) is 31.4 Å². The van der Waals surface area contributed by atoms with E-state index < -0.39 is 10.0 Å². The van der Waals surface area contributed by atoms with E-state index in [1.807, 2.05) is 0 Å². The maximum atomic E-state index is 13.2. The highest BCUT2D eigenvalue weighted by Crippen LogP contribution is 2.23. The molecule has 0 radical (unpaired) electrons. The van der Waals surface area contributed by atoms with Crippen LogP contribution in [0, 0.1) is 11.7 Å². The monoisotopic (exact) mass is 426 g/mol. The van der Waals surface area contributed by atoms with E-state index in [4.69, 9.17) is 16.3 Å². The molecule has 2 aromatic carbocycles. The van der Waals surface area contributed by atoms with Crippen molar-refractivity contribution in [2.75, 3.05) is 26.7 Å². The molecule has 152 valence electrons. The van der Waals surface area contributed by atoms with Crippen LogP contribution in [0.5, 0.6) is 5.75 Å². The molecule has 0 aromatic heterocycles. The number of nitrogens with one attached hydrogen (secondary N) is 1. The molecule has 1 saturated heterocycles. The number of piperidine rings is 1. The topological polar surface area (TPSA) is 58.6 Å². The minimum atomic E-state index is -3.56. The summed E-state index contributed by atoms with van der Waals surface area (Å²) in [6.45, 7) is 2.68. The molecule has 1 aliphatic heterocycles. The smallest absolute Gasteiger partial charge is 0.240 e. The zero-order valence-corrected chi connectivity index (χ0v) is 17.3. The molecule has 1 fully saturated rings. The summed E-state index contributed by atoms with van der Waals surface area (Å²) in [6, 6.07) is 10.8. The van der Waals surface area contributed by atoms with Gasteiger partial charge in [-0.3, -0.25) is 4.90 Å². The van der Waals surface area contributed by atoms with Crippen molar-refractivity contribution in [1.29, 1.82) is 0 Å². The first-order valence-corrected chi connectivity index (χ1v) is 11.0. The molecule has 0 spiro atoms. The van der Waals surface area contributed by atoms with E-state index in [2.05, 4.69) is 9.62 Å². The maximum absolute atomic E-state index is 13.2. The summed E-state index contributed by atoms with van der Waals surface area (Å²) < 4.78 is 46.0. The maximum Gasteiger partial charge on any atom is 0.240 e. The van der Waals surface area contributed by atoms with E-state index in [0.29, 0.717) is 23.9 Å². The van der Waals surface area contributed by atoms with Crippen molar-refractivity contribution in [3.05, 3.63) is 58.9 Å². The molecule has 28 heavy (non-hydrogen) atoms. The molecule has 0 bridgehead atoms. The van der Waals surface area contributed by atoms with Crippen molar-refractivity contribution in [1.82, 2.24) is 9.62 Å². The molecular formula is C20H24ClFN2O3S. The number of nitrogens with zero attached hydrogens (tertiary/aromatic N) is 1. The number of likely N-dealkylation sites (tertiary alicyclic amines) is 1. The lowest BCUT2D eigenvalue weighted by Crippen LogP contribution is -2.40. The third kappa shape index (κ3) is 5.44. The van der Waals surface area contributed by atoms with Crippen molar-refractivity contribution in [3.8, 4) is 5.75 Å². The van der Waals surface area contributed by atoms with Gasteiger partial charge in [-0.1, -0.05) is 17.7 Å². The van der Waals surface area contributed by atoms with Gasteiger partial charge < -0.3 is 4.74 Å². The Kier molecular flexibility index (Phi) is 6.93. The first-order valence-electron chi connectivity index (χ1n) is 9.17. The van der Waals surface area contributed by atoms with Gasteiger partial charge in [-0.05, 0) is 67.3 Å². The summed E-state index contributed by atoms with van der Waals surface area (Å²) in [5.74, 6) is 0.473. The summed E-state index contributed by atoms with van der Waals surface area (Å²) in [4.78, 5) is 2.45. The van der Waals surface area contributed by atoms with Crippen LogP contribution >= 0.6 is 11.6 Å². The largest absolute Gasteiger partial charge is 0.497 e. The minimum absolute atomic E-state index is 0.209. The van der Waals surface area contributed by atoms with Gasteiger partial charge in [0.1, 0.15) is 11.6 Å². The zero-order valence-electron chi connectivity index (χ0n) is 15.7. The number of benzene rings is 2. The number of methoxy groups -OCH3 is 1. The van der Waals surface area contributed by atoms with E-state index in [-0.39, 0.29) is 16.6 Å². The Bertz CT molecular complexity index is 906. The molecule has 0 saturated carbocycles. The first-order chi connectivity index (χ1) is 13.4. The van der Waals surface area contributed by atoms with Crippen molar-refractivity contribution in [2.24, 2.45) is 5.92 Å². The standard InChI is InChI=1S/C20H24ClFN2O3S/c1-27-18-6-8-19(9-7-18)28(25,26)23-12-15-3-2-10-24(13-15)14-16-4-5-17(22)11-20(16)21/h4-9,11,15,23H,2-3,10,12-14H2,1H3/t15-/m0/s1. The second kappa shape index (κ2) is 9.22. The SMILES string of the molecule is COc1ccc(S(=O)(=O)NC[C@@H]2CCCN(Cc3ccc(F)cc3Cl)C2)cc1. The second-order valence-corrected chi connectivity index (χ2v) is 9.18. The molecule has 5 nitrogen and oxygen atoms in total. The van der Waals surface area contributed by atoms with E-state index in [9.17, 15) is 12.8 Å². The van der Waals surface area contributed by atoms with Crippen LogP contribution in [0.1, 0.15) is 18.4 Å². The summed E-state index contributed by atoms with van der Waals surface area (Å²) >= 11 is 6.13. The van der Waals surface area contributed by atoms with E-state index in [0.717, 1.165) is 31.5 Å². The van der Waals surface area contributed by atoms with Crippen LogP contribution in [-0.4, -0.2) is 40.1 Å². The Morgan fingerprint density at radius 1 is 1.25 bits per heavy atom. The Morgan fingerprint density at radius 2 is 2.00 bits per heavy atom. The fourth-order valence-electron chi connectivity index (χ4n) is 3.42. The van der Waals surface area contributed by atoms with Gasteiger partial charge in [-0.15, -0.1) is 0 Å². The third-order valence-electron chi connectivity index (χ3n) is 4.94. The predicted molar refractivity (Wildman–Crippen MR) is 108 cm³/mol. The van der Waals surface area contributed by atoms with Crippen LogP contribution in [-0.2, 0) is 16.6 Å². The van der Waals surface area contributed by atoms with Crippen LogP contribution in [0.3, 0.4) is 0 Å². The molecular weight excluding hydrogens is 403 g/mol. The lowest BCUT2D eigenvalue weighted by Gasteiger charge is -2.33. The van der Waals surface area contributed by atoms with Gasteiger partial charge in [0, 0.05) is 24.7 Å². The van der Waals surface area contributed by atoms with Gasteiger partial charge in [0.05, 0.1) is 12.0 Å². The van der Waals surface area contributed by atoms with Crippen LogP contribution < -0.4 is 9.46 Å². The fraction of sp³-hybridized carbons (Fsp3) is 0.400. The van der Waals surface area contributed by atoms with Gasteiger partial charge in [0.25, 0.3) is 0 Å². The number of ether oxygens (including phenoxy) is 1. The van der Waals surface area contributed by atoms with Crippen molar-refractivity contribution < 1.29 is 17.5 Å². The van der Waals surface area contributed by atoms with E-state index in [1.54, 1.807) is 18.2 Å². The fourth-order valence-corrected chi connectivity index (χ4v) is 4.76. The van der Waals surface area contributed by atoms with Crippen LogP contribution in [0.15, 0.2) is 47.4 Å². The molecule has 0 amide bonds. The molecule has 3 rings (SSSR count). The molecule has 8 heteroatoms. The Balaban J connectivity index is 1.57. The third-order valence-corrected chi connectivity index (χ3v) is 6.74. The Hall–Kier alpha value is -1.67. The molecule has 0 aliphatic carbocycles. The van der Waals surface area contributed by atoms with Gasteiger partial charge >= 0.3 is 0 Å². The molecule has 1 N–H and O–H groups in total. The molecule has 2 aromatic rings. The number of rotatable bonds is 7. The first kappa shape index (κ1) is 21.0. The van der Waals surface area contributed by atoms with Gasteiger partial charge in [0.15, 0.2) is 0 Å². The lowest BCUT2D eigenvalue weighted by atomic mass is 9.98. The number of sulfonamides is 1. The number of hydrogen-bond donors (Lipinski definition) is 1. The summed E-state index contributed by atoms with van der Waals surface area (Å²) in [7, 11) is -2.02. The molecule has 1 aliphatic rings. The summed E-state index contributed by atoms with van der Waals surface area (Å²) in [6.07, 6.45) is 1.94. The van der Waals surface area contributed by atoms with Crippen molar-refractivity contribution in [3.63, 3.8) is 0 Å².